The number of benzene rings is 2. The number of piperazine rings is 1. The van der Waals surface area contributed by atoms with E-state index in [1.807, 2.05) is 35.3 Å². The summed E-state index contributed by atoms with van der Waals surface area (Å²) in [6.07, 6.45) is 3.94. The fourth-order valence-electron chi connectivity index (χ4n) is 4.10. The first kappa shape index (κ1) is 20.9. The molecule has 4 aromatic rings. The van der Waals surface area contributed by atoms with E-state index in [4.69, 9.17) is 4.98 Å². The van der Waals surface area contributed by atoms with Crippen LogP contribution in [0.1, 0.15) is 27.2 Å². The average molecular weight is 440 g/mol. The molecular formula is C26H25N5O2. The Morgan fingerprint density at radius 3 is 2.58 bits per heavy atom. The van der Waals surface area contributed by atoms with Crippen LogP contribution in [-0.4, -0.2) is 57.3 Å². The van der Waals surface area contributed by atoms with Crippen molar-refractivity contribution in [2.75, 3.05) is 26.2 Å². The number of hydrogen-bond donors (Lipinski definition) is 3. The van der Waals surface area contributed by atoms with Crippen molar-refractivity contribution in [3.8, 4) is 17.0 Å². The molecule has 5 rings (SSSR count). The molecule has 0 unspecified atom stereocenters. The Bertz CT molecular complexity index is 1330. The van der Waals surface area contributed by atoms with Gasteiger partial charge in [0.1, 0.15) is 5.75 Å². The summed E-state index contributed by atoms with van der Waals surface area (Å²) >= 11 is 0. The maximum Gasteiger partial charge on any atom is 0.254 e. The Hall–Kier alpha value is -3.97. The summed E-state index contributed by atoms with van der Waals surface area (Å²) in [5.41, 5.74) is 5.54. The molecule has 2 aromatic heterocycles. The molecule has 0 aliphatic carbocycles. The van der Waals surface area contributed by atoms with Crippen LogP contribution in [0.15, 0.2) is 54.6 Å². The second-order valence-electron chi connectivity index (χ2n) is 8.17. The number of aromatic amines is 1. The number of H-pyrrole nitrogens is 1. The lowest BCUT2D eigenvalue weighted by Gasteiger charge is -2.27. The minimum atomic E-state index is -0.0316. The van der Waals surface area contributed by atoms with Gasteiger partial charge in [-0.25, -0.2) is 4.98 Å². The van der Waals surface area contributed by atoms with Crippen LogP contribution in [0, 0.1) is 6.92 Å². The van der Waals surface area contributed by atoms with Crippen molar-refractivity contribution in [2.45, 2.75) is 6.92 Å². The molecule has 0 radical (unpaired) electrons. The Balaban J connectivity index is 1.63. The first-order valence-corrected chi connectivity index (χ1v) is 11.0. The zero-order valence-corrected chi connectivity index (χ0v) is 18.4. The van der Waals surface area contributed by atoms with Gasteiger partial charge in [0.25, 0.3) is 5.91 Å². The molecule has 7 nitrogen and oxygen atoms in total. The summed E-state index contributed by atoms with van der Waals surface area (Å²) in [6, 6.07) is 16.8. The molecule has 1 amide bonds. The fraction of sp³-hybridized carbons (Fsp3) is 0.192. The summed E-state index contributed by atoms with van der Waals surface area (Å²) < 4.78 is 0. The van der Waals surface area contributed by atoms with Gasteiger partial charge in [-0.15, -0.1) is 0 Å². The van der Waals surface area contributed by atoms with E-state index in [1.165, 1.54) is 5.56 Å². The maximum absolute atomic E-state index is 13.6. The third kappa shape index (κ3) is 4.23. The van der Waals surface area contributed by atoms with E-state index >= 15 is 0 Å². The molecule has 33 heavy (non-hydrogen) atoms. The number of aromatic hydroxyl groups is 1. The molecule has 1 fully saturated rings. The molecule has 0 atom stereocenters. The summed E-state index contributed by atoms with van der Waals surface area (Å²) in [5.74, 6) is 0.151. The monoisotopic (exact) mass is 439 g/mol. The van der Waals surface area contributed by atoms with Crippen LogP contribution in [0.5, 0.6) is 5.75 Å². The highest BCUT2D eigenvalue weighted by atomic mass is 16.3. The van der Waals surface area contributed by atoms with E-state index in [-0.39, 0.29) is 11.7 Å². The SMILES string of the molecule is Cc1ccccc1/C=C/c1n[nH]c2nc(-c3ccc(O)cc3)cc(C(=O)N3CCNCC3)c12. The van der Waals surface area contributed by atoms with Gasteiger partial charge in [-0.05, 0) is 54.5 Å². The number of fused-ring (bicyclic) bond motifs is 1. The lowest BCUT2D eigenvalue weighted by atomic mass is 10.0. The molecule has 1 saturated heterocycles. The number of pyridine rings is 1. The number of hydrogen-bond acceptors (Lipinski definition) is 5. The number of phenolic OH excluding ortho intramolecular Hbond substituents is 1. The Labute approximate surface area is 191 Å². The first-order valence-electron chi connectivity index (χ1n) is 11.0. The molecule has 1 aliphatic heterocycles. The minimum Gasteiger partial charge on any atom is -0.508 e. The molecule has 0 bridgehead atoms. The first-order chi connectivity index (χ1) is 16.1. The molecule has 166 valence electrons. The summed E-state index contributed by atoms with van der Waals surface area (Å²) in [6.45, 7) is 4.92. The minimum absolute atomic E-state index is 0.0316. The van der Waals surface area contributed by atoms with Gasteiger partial charge in [-0.1, -0.05) is 30.3 Å². The largest absolute Gasteiger partial charge is 0.508 e. The number of aryl methyl sites for hydroxylation is 1. The number of carbonyl (C=O) groups excluding carboxylic acids is 1. The molecule has 1 aliphatic rings. The van der Waals surface area contributed by atoms with E-state index in [2.05, 4.69) is 34.6 Å². The molecule has 3 N–H and O–H groups in total. The van der Waals surface area contributed by atoms with Gasteiger partial charge in [0.15, 0.2) is 5.65 Å². The molecule has 2 aromatic carbocycles. The van der Waals surface area contributed by atoms with Gasteiger partial charge in [0.05, 0.1) is 22.3 Å². The Kier molecular flexibility index (Phi) is 5.62. The van der Waals surface area contributed by atoms with E-state index in [0.29, 0.717) is 41.1 Å². The third-order valence-electron chi connectivity index (χ3n) is 5.96. The van der Waals surface area contributed by atoms with E-state index in [0.717, 1.165) is 24.2 Å². The van der Waals surface area contributed by atoms with Crippen LogP contribution in [0.25, 0.3) is 34.4 Å². The zero-order chi connectivity index (χ0) is 22.8. The predicted molar refractivity (Wildman–Crippen MR) is 130 cm³/mol. The van der Waals surface area contributed by atoms with Crippen LogP contribution in [0.3, 0.4) is 0 Å². The van der Waals surface area contributed by atoms with E-state index < -0.39 is 0 Å². The van der Waals surface area contributed by atoms with Gasteiger partial charge in [0.2, 0.25) is 0 Å². The van der Waals surface area contributed by atoms with Gasteiger partial charge in [-0.3, -0.25) is 9.89 Å². The second-order valence-corrected chi connectivity index (χ2v) is 8.17. The van der Waals surface area contributed by atoms with Crippen molar-refractivity contribution in [1.82, 2.24) is 25.4 Å². The molecular weight excluding hydrogens is 414 g/mol. The van der Waals surface area contributed by atoms with Crippen LogP contribution in [0.4, 0.5) is 0 Å². The number of phenols is 1. The standard InChI is InChI=1S/C26H25N5O2/c1-17-4-2-3-5-18(17)8-11-22-24-21(26(33)31-14-12-27-13-15-31)16-23(28-25(24)30-29-22)19-6-9-20(32)10-7-19/h2-11,16,27,32H,12-15H2,1H3,(H,28,29,30)/b11-8+. The Morgan fingerprint density at radius 1 is 1.06 bits per heavy atom. The highest BCUT2D eigenvalue weighted by Gasteiger charge is 2.24. The van der Waals surface area contributed by atoms with Gasteiger partial charge >= 0.3 is 0 Å². The zero-order valence-electron chi connectivity index (χ0n) is 18.4. The molecule has 7 heteroatoms. The molecule has 0 saturated carbocycles. The predicted octanol–water partition coefficient (Wildman–Crippen LogP) is 3.85. The van der Waals surface area contributed by atoms with Crippen molar-refractivity contribution in [1.29, 1.82) is 0 Å². The van der Waals surface area contributed by atoms with Crippen molar-refractivity contribution in [3.05, 3.63) is 77.0 Å². The number of carbonyl (C=O) groups is 1. The smallest absolute Gasteiger partial charge is 0.254 e. The molecule has 3 heterocycles. The number of aromatic nitrogens is 3. The van der Waals surface area contributed by atoms with Crippen LogP contribution >= 0.6 is 0 Å². The van der Waals surface area contributed by atoms with E-state index in [1.54, 1.807) is 24.3 Å². The van der Waals surface area contributed by atoms with Crippen LogP contribution in [0.2, 0.25) is 0 Å². The van der Waals surface area contributed by atoms with Crippen molar-refractivity contribution in [3.63, 3.8) is 0 Å². The Morgan fingerprint density at radius 2 is 1.82 bits per heavy atom. The summed E-state index contributed by atoms with van der Waals surface area (Å²) in [5, 5.41) is 21.2. The van der Waals surface area contributed by atoms with E-state index in [9.17, 15) is 9.90 Å². The van der Waals surface area contributed by atoms with Crippen molar-refractivity contribution in [2.24, 2.45) is 0 Å². The lowest BCUT2D eigenvalue weighted by Crippen LogP contribution is -2.46. The second kappa shape index (κ2) is 8.88. The van der Waals surface area contributed by atoms with Crippen LogP contribution in [-0.2, 0) is 0 Å². The normalized spacial score (nSPS) is 14.3. The lowest BCUT2D eigenvalue weighted by molar-refractivity contribution is 0.0737. The number of amides is 1. The highest BCUT2D eigenvalue weighted by Crippen LogP contribution is 2.29. The van der Waals surface area contributed by atoms with Crippen LogP contribution < -0.4 is 5.32 Å². The van der Waals surface area contributed by atoms with Gasteiger partial charge in [-0.2, -0.15) is 5.10 Å². The quantitative estimate of drug-likeness (QED) is 0.449. The number of nitrogens with zero attached hydrogens (tertiary/aromatic N) is 3. The maximum atomic E-state index is 13.6. The fourth-order valence-corrected chi connectivity index (χ4v) is 4.10. The van der Waals surface area contributed by atoms with Crippen molar-refractivity contribution >= 4 is 29.1 Å². The van der Waals surface area contributed by atoms with Gasteiger partial charge in [0, 0.05) is 31.7 Å². The van der Waals surface area contributed by atoms with Crippen molar-refractivity contribution < 1.29 is 9.90 Å². The number of nitrogens with one attached hydrogen (secondary N) is 2. The molecule has 0 spiro atoms. The highest BCUT2D eigenvalue weighted by molar-refractivity contribution is 6.09. The third-order valence-corrected chi connectivity index (χ3v) is 5.96. The van der Waals surface area contributed by atoms with Gasteiger partial charge < -0.3 is 15.3 Å². The topological polar surface area (TPSA) is 94.1 Å². The number of rotatable bonds is 4. The average Bonchev–Trinajstić information content (AvgIpc) is 3.26. The summed E-state index contributed by atoms with van der Waals surface area (Å²) in [7, 11) is 0. The summed E-state index contributed by atoms with van der Waals surface area (Å²) in [4.78, 5) is 20.2.